The molecule has 3 N–H and O–H groups in total. The number of carbonyl (C=O) groups is 4. The molecule has 2 unspecified atom stereocenters. The number of fused-ring (bicyclic) bond motifs is 5. The smallest absolute Gasteiger partial charge is 0.339 e. The lowest BCUT2D eigenvalue weighted by molar-refractivity contribution is -0.130. The Morgan fingerprint density at radius 1 is 1.02 bits per heavy atom. The molecule has 3 amide bonds. The van der Waals surface area contributed by atoms with Gasteiger partial charge in [-0.25, -0.2) is 14.1 Å². The Morgan fingerprint density at radius 2 is 1.80 bits per heavy atom. The highest BCUT2D eigenvalue weighted by Gasteiger charge is 2.70. The largest absolute Gasteiger partial charge is 0.465 e. The van der Waals surface area contributed by atoms with Gasteiger partial charge in [0.05, 0.1) is 30.2 Å². The normalized spacial score (nSPS) is 25.0. The van der Waals surface area contributed by atoms with E-state index in [1.165, 1.54) is 37.4 Å². The lowest BCUT2D eigenvalue weighted by atomic mass is 9.76. The Balaban J connectivity index is 1.40. The van der Waals surface area contributed by atoms with E-state index in [4.69, 9.17) is 4.74 Å². The van der Waals surface area contributed by atoms with Gasteiger partial charge < -0.3 is 15.0 Å². The van der Waals surface area contributed by atoms with Crippen LogP contribution in [0.15, 0.2) is 72.9 Å². The standard InChI is InChI=1S/C30H23FN4O5/c1-40-28(38)18-7-3-5-9-23(18)35-26(36)24-22(12-15-14-32-20-8-4-2-6-17(15)20)34-30(25(24)27(35)37)19-13-16(31)10-11-21(19)33-29(30)39/h2-11,13-14,22,24-25,32,34H,12H2,1H3,(H,33,39)/t22?,24-,25+,30?/m1/s1. The lowest BCUT2D eigenvalue weighted by Crippen LogP contribution is -2.53. The van der Waals surface area contributed by atoms with Crippen LogP contribution in [0.5, 0.6) is 0 Å². The van der Waals surface area contributed by atoms with Gasteiger partial charge in [-0.1, -0.05) is 30.3 Å². The number of anilines is 2. The highest BCUT2D eigenvalue weighted by Crippen LogP contribution is 2.54. The number of aromatic amines is 1. The topological polar surface area (TPSA) is 121 Å². The molecule has 0 radical (unpaired) electrons. The fourth-order valence-electron chi connectivity index (χ4n) is 6.67. The van der Waals surface area contributed by atoms with Crippen LogP contribution in [-0.4, -0.2) is 41.8 Å². The number of carbonyl (C=O) groups excluding carboxylic acids is 4. The van der Waals surface area contributed by atoms with E-state index in [0.717, 1.165) is 21.4 Å². The molecule has 4 heterocycles. The number of aromatic nitrogens is 1. The van der Waals surface area contributed by atoms with Crippen LogP contribution >= 0.6 is 0 Å². The van der Waals surface area contributed by atoms with Gasteiger partial charge in [-0.3, -0.25) is 19.7 Å². The van der Waals surface area contributed by atoms with Gasteiger partial charge in [-0.05, 0) is 48.4 Å². The van der Waals surface area contributed by atoms with E-state index in [1.807, 2.05) is 30.5 Å². The van der Waals surface area contributed by atoms with E-state index in [9.17, 15) is 23.6 Å². The molecule has 200 valence electrons. The molecule has 3 aromatic carbocycles. The van der Waals surface area contributed by atoms with Crippen molar-refractivity contribution in [2.45, 2.75) is 18.0 Å². The maximum Gasteiger partial charge on any atom is 0.339 e. The minimum atomic E-state index is -1.68. The van der Waals surface area contributed by atoms with E-state index < -0.39 is 52.9 Å². The van der Waals surface area contributed by atoms with Crippen molar-refractivity contribution in [3.05, 3.63) is 95.4 Å². The van der Waals surface area contributed by atoms with Crippen molar-refractivity contribution < 1.29 is 28.3 Å². The summed E-state index contributed by atoms with van der Waals surface area (Å²) in [6, 6.07) is 17.2. The molecule has 4 aromatic rings. The number of imide groups is 1. The molecule has 0 bridgehead atoms. The molecule has 10 heteroatoms. The number of hydrogen-bond donors (Lipinski definition) is 3. The first-order valence-electron chi connectivity index (χ1n) is 12.8. The maximum atomic E-state index is 14.6. The highest BCUT2D eigenvalue weighted by atomic mass is 19.1. The first-order chi connectivity index (χ1) is 19.3. The van der Waals surface area contributed by atoms with Crippen molar-refractivity contribution in [1.29, 1.82) is 0 Å². The summed E-state index contributed by atoms with van der Waals surface area (Å²) >= 11 is 0. The summed E-state index contributed by atoms with van der Waals surface area (Å²) < 4.78 is 19.5. The number of para-hydroxylation sites is 2. The number of nitrogens with one attached hydrogen (secondary N) is 3. The van der Waals surface area contributed by atoms with Gasteiger partial charge in [0, 0.05) is 34.4 Å². The number of rotatable bonds is 4. The van der Waals surface area contributed by atoms with Gasteiger partial charge in [0.2, 0.25) is 17.7 Å². The van der Waals surface area contributed by atoms with E-state index in [-0.39, 0.29) is 16.8 Å². The van der Waals surface area contributed by atoms with E-state index in [0.29, 0.717) is 12.1 Å². The summed E-state index contributed by atoms with van der Waals surface area (Å²) in [6.45, 7) is 0. The third-order valence-electron chi connectivity index (χ3n) is 8.34. The lowest BCUT2D eigenvalue weighted by Gasteiger charge is -2.30. The van der Waals surface area contributed by atoms with Crippen molar-refractivity contribution in [3.8, 4) is 0 Å². The number of ether oxygens (including phenoxy) is 1. The van der Waals surface area contributed by atoms with Gasteiger partial charge in [0.1, 0.15) is 11.4 Å². The molecule has 4 atom stereocenters. The zero-order chi connectivity index (χ0) is 27.8. The van der Waals surface area contributed by atoms with Gasteiger partial charge >= 0.3 is 5.97 Å². The number of hydrogen-bond acceptors (Lipinski definition) is 6. The molecule has 2 saturated heterocycles. The van der Waals surface area contributed by atoms with Crippen LogP contribution in [0, 0.1) is 17.7 Å². The fraction of sp³-hybridized carbons (Fsp3) is 0.200. The SMILES string of the molecule is COC(=O)c1ccccc1N1C(=O)[C@@H]2C(Cc3c[nH]c4ccccc34)NC3(C(=O)Nc4ccc(F)cc43)[C@@H]2C1=O. The molecule has 3 aliphatic rings. The van der Waals surface area contributed by atoms with Crippen LogP contribution in [-0.2, 0) is 31.1 Å². The Kier molecular flexibility index (Phi) is 5.20. The zero-order valence-corrected chi connectivity index (χ0v) is 21.2. The van der Waals surface area contributed by atoms with E-state index in [1.54, 1.807) is 12.1 Å². The molecule has 1 spiro atoms. The Morgan fingerprint density at radius 3 is 2.62 bits per heavy atom. The monoisotopic (exact) mass is 538 g/mol. The first-order valence-corrected chi connectivity index (χ1v) is 12.8. The predicted molar refractivity (Wildman–Crippen MR) is 143 cm³/mol. The number of benzene rings is 3. The summed E-state index contributed by atoms with van der Waals surface area (Å²) in [5.74, 6) is -5.14. The van der Waals surface area contributed by atoms with Crippen LogP contribution in [0.4, 0.5) is 15.8 Å². The summed E-state index contributed by atoms with van der Waals surface area (Å²) in [4.78, 5) is 58.9. The summed E-state index contributed by atoms with van der Waals surface area (Å²) in [7, 11) is 1.21. The van der Waals surface area contributed by atoms with Crippen molar-refractivity contribution in [1.82, 2.24) is 10.3 Å². The molecule has 1 aromatic heterocycles. The quantitative estimate of drug-likeness (QED) is 0.271. The van der Waals surface area contributed by atoms with Crippen LogP contribution in [0.1, 0.15) is 21.5 Å². The number of nitrogens with zero attached hydrogens (tertiary/aromatic N) is 1. The first kappa shape index (κ1) is 24.2. The molecule has 3 aliphatic heterocycles. The molecule has 0 aliphatic carbocycles. The number of H-pyrrole nitrogens is 1. The van der Waals surface area contributed by atoms with Crippen LogP contribution in [0.2, 0.25) is 0 Å². The van der Waals surface area contributed by atoms with E-state index in [2.05, 4.69) is 15.6 Å². The Bertz CT molecular complexity index is 1770. The summed E-state index contributed by atoms with van der Waals surface area (Å²) in [5.41, 5.74) is 0.908. The second kappa shape index (κ2) is 8.59. The third-order valence-corrected chi connectivity index (χ3v) is 8.34. The number of esters is 1. The van der Waals surface area contributed by atoms with Crippen LogP contribution in [0.25, 0.3) is 10.9 Å². The third kappa shape index (κ3) is 3.16. The Hall–Kier alpha value is -4.83. The van der Waals surface area contributed by atoms with Crippen molar-refractivity contribution in [2.75, 3.05) is 17.3 Å². The van der Waals surface area contributed by atoms with Crippen molar-refractivity contribution in [3.63, 3.8) is 0 Å². The molecule has 9 nitrogen and oxygen atoms in total. The second-order valence-corrected chi connectivity index (χ2v) is 10.3. The van der Waals surface area contributed by atoms with Crippen molar-refractivity contribution in [2.24, 2.45) is 11.8 Å². The number of methoxy groups -OCH3 is 1. The van der Waals surface area contributed by atoms with E-state index >= 15 is 0 Å². The van der Waals surface area contributed by atoms with Gasteiger partial charge in [-0.2, -0.15) is 0 Å². The fourth-order valence-corrected chi connectivity index (χ4v) is 6.67. The Labute approximate surface area is 227 Å². The number of halogens is 1. The van der Waals surface area contributed by atoms with Crippen LogP contribution < -0.4 is 15.5 Å². The average Bonchev–Trinajstić information content (AvgIpc) is 3.67. The minimum absolute atomic E-state index is 0.0455. The summed E-state index contributed by atoms with van der Waals surface area (Å²) in [6.07, 6.45) is 2.16. The molecular formula is C30H23FN4O5. The molecule has 0 saturated carbocycles. The predicted octanol–water partition coefficient (Wildman–Crippen LogP) is 3.26. The molecule has 2 fully saturated rings. The number of amides is 3. The van der Waals surface area contributed by atoms with Crippen molar-refractivity contribution >= 4 is 46.0 Å². The van der Waals surface area contributed by atoms with Gasteiger partial charge in [-0.15, -0.1) is 0 Å². The highest BCUT2D eigenvalue weighted by molar-refractivity contribution is 6.27. The summed E-state index contributed by atoms with van der Waals surface area (Å²) in [5, 5.41) is 7.06. The molecule has 40 heavy (non-hydrogen) atoms. The minimum Gasteiger partial charge on any atom is -0.465 e. The molecular weight excluding hydrogens is 515 g/mol. The van der Waals surface area contributed by atoms with Gasteiger partial charge in [0.15, 0.2) is 0 Å². The average molecular weight is 539 g/mol. The van der Waals surface area contributed by atoms with Crippen LogP contribution in [0.3, 0.4) is 0 Å². The second-order valence-electron chi connectivity index (χ2n) is 10.3. The maximum absolute atomic E-state index is 14.6. The molecule has 7 rings (SSSR count). The van der Waals surface area contributed by atoms with Gasteiger partial charge in [0.25, 0.3) is 0 Å². The zero-order valence-electron chi connectivity index (χ0n) is 21.2.